The van der Waals surface area contributed by atoms with Gasteiger partial charge in [0.15, 0.2) is 0 Å². The number of aromatic hydroxyl groups is 1. The molecule has 0 aliphatic heterocycles. The zero-order valence-corrected chi connectivity index (χ0v) is 11.2. The van der Waals surface area contributed by atoms with Crippen molar-refractivity contribution in [2.75, 3.05) is 0 Å². The highest BCUT2D eigenvalue weighted by Crippen LogP contribution is 2.11. The molecule has 1 unspecified atom stereocenters. The van der Waals surface area contributed by atoms with Gasteiger partial charge in [-0.2, -0.15) is 0 Å². The molecule has 0 amide bonds. The van der Waals surface area contributed by atoms with Crippen molar-refractivity contribution in [2.45, 2.75) is 52.6 Å². The van der Waals surface area contributed by atoms with Crippen molar-refractivity contribution in [3.05, 3.63) is 29.8 Å². The van der Waals surface area contributed by atoms with E-state index in [2.05, 4.69) is 26.1 Å². The maximum atomic E-state index is 9.18. The van der Waals surface area contributed by atoms with E-state index < -0.39 is 0 Å². The second-order valence-corrected chi connectivity index (χ2v) is 5.27. The first-order valence-electron chi connectivity index (χ1n) is 6.59. The van der Waals surface area contributed by atoms with Crippen LogP contribution in [0.2, 0.25) is 0 Å². The van der Waals surface area contributed by atoms with Crippen LogP contribution >= 0.6 is 0 Å². The summed E-state index contributed by atoms with van der Waals surface area (Å²) >= 11 is 0. The van der Waals surface area contributed by atoms with Crippen molar-refractivity contribution in [3.63, 3.8) is 0 Å². The average molecular weight is 235 g/mol. The van der Waals surface area contributed by atoms with Gasteiger partial charge in [0, 0.05) is 12.6 Å². The van der Waals surface area contributed by atoms with Crippen LogP contribution in [-0.4, -0.2) is 11.1 Å². The summed E-state index contributed by atoms with van der Waals surface area (Å²) in [4.78, 5) is 0. The number of hydrogen-bond donors (Lipinski definition) is 2. The first kappa shape index (κ1) is 14.0. The molecule has 1 aromatic rings. The van der Waals surface area contributed by atoms with E-state index in [1.807, 2.05) is 12.1 Å². The monoisotopic (exact) mass is 235 g/mol. The molecule has 0 heterocycles. The molecule has 17 heavy (non-hydrogen) atoms. The molecule has 0 spiro atoms. The van der Waals surface area contributed by atoms with Crippen molar-refractivity contribution in [1.82, 2.24) is 5.32 Å². The van der Waals surface area contributed by atoms with Gasteiger partial charge in [-0.1, -0.05) is 38.8 Å². The van der Waals surface area contributed by atoms with Gasteiger partial charge in [-0.05, 0) is 37.0 Å². The van der Waals surface area contributed by atoms with Crippen molar-refractivity contribution >= 4 is 0 Å². The Morgan fingerprint density at radius 2 is 1.71 bits per heavy atom. The number of phenolic OH excluding ortho intramolecular Hbond substituents is 1. The van der Waals surface area contributed by atoms with Gasteiger partial charge in [0.2, 0.25) is 0 Å². The van der Waals surface area contributed by atoms with Crippen molar-refractivity contribution in [2.24, 2.45) is 5.92 Å². The summed E-state index contributed by atoms with van der Waals surface area (Å²) in [5.74, 6) is 1.14. The average Bonchev–Trinajstić information content (AvgIpc) is 2.28. The van der Waals surface area contributed by atoms with E-state index in [0.29, 0.717) is 11.8 Å². The molecule has 96 valence electrons. The quantitative estimate of drug-likeness (QED) is 0.755. The van der Waals surface area contributed by atoms with Gasteiger partial charge in [-0.15, -0.1) is 0 Å². The second-order valence-electron chi connectivity index (χ2n) is 5.27. The highest BCUT2D eigenvalue weighted by atomic mass is 16.3. The summed E-state index contributed by atoms with van der Waals surface area (Å²) < 4.78 is 0. The molecule has 1 atom stereocenters. The second kappa shape index (κ2) is 7.33. The largest absolute Gasteiger partial charge is 0.508 e. The maximum Gasteiger partial charge on any atom is 0.115 e. The smallest absolute Gasteiger partial charge is 0.115 e. The van der Waals surface area contributed by atoms with Crippen LogP contribution in [-0.2, 0) is 6.54 Å². The van der Waals surface area contributed by atoms with E-state index in [9.17, 15) is 5.11 Å². The number of rotatable bonds is 7. The highest BCUT2D eigenvalue weighted by Gasteiger charge is 2.02. The minimum absolute atomic E-state index is 0.332. The first-order chi connectivity index (χ1) is 8.08. The van der Waals surface area contributed by atoms with Gasteiger partial charge in [0.1, 0.15) is 5.75 Å². The predicted octanol–water partition coefficient (Wildman–Crippen LogP) is 3.70. The maximum absolute atomic E-state index is 9.18. The SMILES string of the molecule is CC(C)CCCC(C)NCc1ccc(O)cc1. The zero-order valence-electron chi connectivity index (χ0n) is 11.2. The molecular formula is C15H25NO. The van der Waals surface area contributed by atoms with Crippen molar-refractivity contribution < 1.29 is 5.11 Å². The Hall–Kier alpha value is -1.02. The number of phenols is 1. The predicted molar refractivity (Wildman–Crippen MR) is 73.1 cm³/mol. The molecule has 0 aliphatic rings. The molecule has 0 aliphatic carbocycles. The highest BCUT2D eigenvalue weighted by molar-refractivity contribution is 5.25. The molecular weight excluding hydrogens is 210 g/mol. The Balaban J connectivity index is 2.19. The van der Waals surface area contributed by atoms with Gasteiger partial charge in [-0.25, -0.2) is 0 Å². The summed E-state index contributed by atoms with van der Waals surface area (Å²) in [7, 11) is 0. The van der Waals surface area contributed by atoms with Crippen LogP contribution in [0.15, 0.2) is 24.3 Å². The van der Waals surface area contributed by atoms with E-state index in [0.717, 1.165) is 12.5 Å². The number of benzene rings is 1. The fourth-order valence-corrected chi connectivity index (χ4v) is 1.84. The van der Waals surface area contributed by atoms with Crippen LogP contribution in [0.1, 0.15) is 45.6 Å². The summed E-state index contributed by atoms with van der Waals surface area (Å²) in [5, 5.41) is 12.7. The molecule has 2 nitrogen and oxygen atoms in total. The molecule has 0 aromatic heterocycles. The molecule has 2 heteroatoms. The number of nitrogens with one attached hydrogen (secondary N) is 1. The van der Waals surface area contributed by atoms with E-state index in [4.69, 9.17) is 0 Å². The molecule has 0 bridgehead atoms. The van der Waals surface area contributed by atoms with Crippen LogP contribution in [0.25, 0.3) is 0 Å². The minimum Gasteiger partial charge on any atom is -0.508 e. The summed E-state index contributed by atoms with van der Waals surface area (Å²) in [6, 6.07) is 7.95. The standard InChI is InChI=1S/C15H25NO/c1-12(2)5-4-6-13(3)16-11-14-7-9-15(17)10-8-14/h7-10,12-13,16-17H,4-6,11H2,1-3H3. The molecule has 0 saturated heterocycles. The Bertz CT molecular complexity index is 305. The molecule has 1 rings (SSSR count). The fraction of sp³-hybridized carbons (Fsp3) is 0.600. The van der Waals surface area contributed by atoms with Gasteiger partial charge in [-0.3, -0.25) is 0 Å². The van der Waals surface area contributed by atoms with E-state index >= 15 is 0 Å². The van der Waals surface area contributed by atoms with Crippen LogP contribution in [0.4, 0.5) is 0 Å². The third-order valence-corrected chi connectivity index (χ3v) is 3.01. The minimum atomic E-state index is 0.332. The lowest BCUT2D eigenvalue weighted by molar-refractivity contribution is 0.456. The van der Waals surface area contributed by atoms with Gasteiger partial charge >= 0.3 is 0 Å². The lowest BCUT2D eigenvalue weighted by Crippen LogP contribution is -2.25. The van der Waals surface area contributed by atoms with Crippen molar-refractivity contribution in [3.8, 4) is 5.75 Å². The lowest BCUT2D eigenvalue weighted by Gasteiger charge is -2.14. The molecule has 0 radical (unpaired) electrons. The Labute approximate surface area is 105 Å². The van der Waals surface area contributed by atoms with Crippen LogP contribution in [0.5, 0.6) is 5.75 Å². The van der Waals surface area contributed by atoms with Gasteiger partial charge in [0.05, 0.1) is 0 Å². The zero-order chi connectivity index (χ0) is 12.7. The Morgan fingerprint density at radius 3 is 2.29 bits per heavy atom. The molecule has 2 N–H and O–H groups in total. The van der Waals surface area contributed by atoms with E-state index in [-0.39, 0.29) is 0 Å². The Kier molecular flexibility index (Phi) is 6.06. The molecule has 0 fully saturated rings. The van der Waals surface area contributed by atoms with E-state index in [1.165, 1.54) is 24.8 Å². The third kappa shape index (κ3) is 6.32. The van der Waals surface area contributed by atoms with Crippen LogP contribution in [0.3, 0.4) is 0 Å². The van der Waals surface area contributed by atoms with E-state index in [1.54, 1.807) is 12.1 Å². The summed E-state index contributed by atoms with van der Waals surface area (Å²) in [5.41, 5.74) is 1.22. The van der Waals surface area contributed by atoms with Crippen LogP contribution < -0.4 is 5.32 Å². The normalized spacial score (nSPS) is 12.9. The van der Waals surface area contributed by atoms with Crippen LogP contribution in [0, 0.1) is 5.92 Å². The molecule has 1 aromatic carbocycles. The Morgan fingerprint density at radius 1 is 1.06 bits per heavy atom. The fourth-order valence-electron chi connectivity index (χ4n) is 1.84. The third-order valence-electron chi connectivity index (χ3n) is 3.01. The topological polar surface area (TPSA) is 32.3 Å². The van der Waals surface area contributed by atoms with Gasteiger partial charge < -0.3 is 10.4 Å². The van der Waals surface area contributed by atoms with Crippen molar-refractivity contribution in [1.29, 1.82) is 0 Å². The first-order valence-corrected chi connectivity index (χ1v) is 6.59. The van der Waals surface area contributed by atoms with Gasteiger partial charge in [0.25, 0.3) is 0 Å². The summed E-state index contributed by atoms with van der Waals surface area (Å²) in [6.07, 6.45) is 3.84. The lowest BCUT2D eigenvalue weighted by atomic mass is 10.0. The summed E-state index contributed by atoms with van der Waals surface area (Å²) in [6.45, 7) is 7.66. The molecule has 0 saturated carbocycles. The number of hydrogen-bond acceptors (Lipinski definition) is 2.